The van der Waals surface area contributed by atoms with Crippen LogP contribution >= 0.6 is 0 Å². The SMILES string of the molecule is CC/C=C\C/C=C\C/C=C\C/C=C\C/C=C\C/C=C\C/C=C\C/C=C\C/C=C\C/C=C\CCCCC(=O)OCC(COC(=O)CCCCCCCCCCCCCCC)OC(=O)CCCCCCC/C=C\C/C=C\C/C=C\CC. The Morgan fingerprint density at radius 1 is 0.266 bits per heavy atom. The second-order valence-electron chi connectivity index (χ2n) is 20.6. The molecule has 0 bridgehead atoms. The highest BCUT2D eigenvalue weighted by atomic mass is 16.6. The number of rotatable bonds is 56. The minimum Gasteiger partial charge on any atom is -0.462 e. The van der Waals surface area contributed by atoms with Crippen molar-refractivity contribution in [3.63, 3.8) is 0 Å². The maximum Gasteiger partial charge on any atom is 0.306 e. The van der Waals surface area contributed by atoms with Gasteiger partial charge in [0.2, 0.25) is 0 Å². The number of unbranched alkanes of at least 4 members (excludes halogenated alkanes) is 19. The van der Waals surface area contributed by atoms with Gasteiger partial charge in [-0.2, -0.15) is 0 Å². The van der Waals surface area contributed by atoms with Crippen LogP contribution in [0.25, 0.3) is 0 Å². The summed E-state index contributed by atoms with van der Waals surface area (Å²) >= 11 is 0. The number of esters is 3. The van der Waals surface area contributed by atoms with Gasteiger partial charge < -0.3 is 14.2 Å². The molecule has 1 atom stereocenters. The molecule has 0 aliphatic carbocycles. The molecule has 0 aliphatic heterocycles. The van der Waals surface area contributed by atoms with Crippen molar-refractivity contribution >= 4 is 17.9 Å². The maximum atomic E-state index is 12.9. The lowest BCUT2D eigenvalue weighted by Gasteiger charge is -2.18. The summed E-state index contributed by atoms with van der Waals surface area (Å²) in [6, 6.07) is 0. The topological polar surface area (TPSA) is 78.9 Å². The second-order valence-corrected chi connectivity index (χ2v) is 20.6. The van der Waals surface area contributed by atoms with E-state index in [1.54, 1.807) is 0 Å². The van der Waals surface area contributed by atoms with Gasteiger partial charge in [-0.15, -0.1) is 0 Å². The van der Waals surface area contributed by atoms with Crippen LogP contribution in [0.5, 0.6) is 0 Å². The van der Waals surface area contributed by atoms with Crippen molar-refractivity contribution < 1.29 is 28.6 Å². The van der Waals surface area contributed by atoms with E-state index < -0.39 is 6.10 Å². The molecule has 0 aromatic carbocycles. The molecule has 0 spiro atoms. The van der Waals surface area contributed by atoms with E-state index >= 15 is 0 Å². The van der Waals surface area contributed by atoms with E-state index in [9.17, 15) is 14.4 Å². The minimum absolute atomic E-state index is 0.102. The predicted molar refractivity (Wildman–Crippen MR) is 343 cm³/mol. The third kappa shape index (κ3) is 63.7. The van der Waals surface area contributed by atoms with E-state index in [0.29, 0.717) is 25.7 Å². The lowest BCUT2D eigenvalue weighted by molar-refractivity contribution is -0.167. The third-order valence-electron chi connectivity index (χ3n) is 13.0. The summed E-state index contributed by atoms with van der Waals surface area (Å²) in [6.45, 7) is 6.36. The molecule has 0 saturated heterocycles. The fourth-order valence-corrected chi connectivity index (χ4v) is 8.31. The Bertz CT molecular complexity index is 1780. The molecule has 444 valence electrons. The Kier molecular flexibility index (Phi) is 61.4. The Morgan fingerprint density at radius 3 is 0.797 bits per heavy atom. The van der Waals surface area contributed by atoms with E-state index in [1.165, 1.54) is 64.2 Å². The number of allylic oxidation sites excluding steroid dienone is 26. The standard InChI is InChI=1S/C73H116O6/c1-4-7-10-13-16-19-22-25-27-28-29-30-31-32-33-34-35-36-37-38-39-40-41-42-43-44-46-48-51-54-57-60-63-66-72(75)78-69-70(68-77-71(74)65-62-59-56-53-50-47-24-21-18-15-12-9-6-3)79-73(76)67-64-61-58-55-52-49-45-26-23-20-17-14-11-8-5-2/h7-8,10-11,16-17,19-20,25-27,29-30,32-33,35-36,38-39,41-42,44-46,51,54,70H,4-6,9,12-15,18,21-24,28,31,34,37,40,43,47-50,52-53,55-69H2,1-3H3/b10-7-,11-8-,19-16-,20-17-,27-25-,30-29-,33-32-,36-35-,39-38-,42-41-,45-26-,46-44-,54-51-. The number of carbonyl (C=O) groups excluding carboxylic acids is 3. The van der Waals surface area contributed by atoms with Crippen LogP contribution in [-0.2, 0) is 28.6 Å². The normalized spacial score (nSPS) is 13.2. The first-order valence-corrected chi connectivity index (χ1v) is 32.0. The average Bonchev–Trinajstić information content (AvgIpc) is 3.45. The second kappa shape index (κ2) is 65.5. The Labute approximate surface area is 486 Å². The summed E-state index contributed by atoms with van der Waals surface area (Å²) in [5.74, 6) is -0.968. The van der Waals surface area contributed by atoms with Crippen LogP contribution in [0.4, 0.5) is 0 Å². The van der Waals surface area contributed by atoms with Gasteiger partial charge in [-0.05, 0) is 128 Å². The van der Waals surface area contributed by atoms with Gasteiger partial charge in [0.25, 0.3) is 0 Å². The zero-order valence-corrected chi connectivity index (χ0v) is 50.8. The molecule has 0 amide bonds. The fraction of sp³-hybridized carbons (Fsp3) is 0.603. The van der Waals surface area contributed by atoms with Gasteiger partial charge >= 0.3 is 17.9 Å². The van der Waals surface area contributed by atoms with Crippen molar-refractivity contribution in [3.8, 4) is 0 Å². The van der Waals surface area contributed by atoms with Gasteiger partial charge in [-0.25, -0.2) is 0 Å². The van der Waals surface area contributed by atoms with Gasteiger partial charge in [0.15, 0.2) is 6.10 Å². The molecule has 0 rings (SSSR count). The van der Waals surface area contributed by atoms with Crippen molar-refractivity contribution in [2.75, 3.05) is 13.2 Å². The van der Waals surface area contributed by atoms with Gasteiger partial charge in [0, 0.05) is 19.3 Å². The third-order valence-corrected chi connectivity index (χ3v) is 13.0. The van der Waals surface area contributed by atoms with Crippen LogP contribution in [0.2, 0.25) is 0 Å². The molecule has 0 radical (unpaired) electrons. The summed E-state index contributed by atoms with van der Waals surface area (Å²) in [6.07, 6.45) is 95.4. The molecule has 79 heavy (non-hydrogen) atoms. The van der Waals surface area contributed by atoms with E-state index in [-0.39, 0.29) is 31.1 Å². The monoisotopic (exact) mass is 1090 g/mol. The molecule has 6 nitrogen and oxygen atoms in total. The largest absolute Gasteiger partial charge is 0.462 e. The molecule has 0 N–H and O–H groups in total. The summed E-state index contributed by atoms with van der Waals surface area (Å²) < 4.78 is 16.8. The Morgan fingerprint density at radius 2 is 0.494 bits per heavy atom. The predicted octanol–water partition coefficient (Wildman–Crippen LogP) is 22.1. The first kappa shape index (κ1) is 74.0. The summed E-state index contributed by atoms with van der Waals surface area (Å²) in [4.78, 5) is 38.2. The zero-order chi connectivity index (χ0) is 57.1. The van der Waals surface area contributed by atoms with Crippen molar-refractivity contribution in [2.45, 2.75) is 271 Å². The van der Waals surface area contributed by atoms with Crippen LogP contribution in [0.1, 0.15) is 265 Å². The van der Waals surface area contributed by atoms with Gasteiger partial charge in [0.1, 0.15) is 13.2 Å². The molecule has 0 fully saturated rings. The van der Waals surface area contributed by atoms with E-state index in [4.69, 9.17) is 14.2 Å². The minimum atomic E-state index is -0.811. The number of hydrogen-bond donors (Lipinski definition) is 0. The first-order chi connectivity index (χ1) is 39.0. The number of hydrogen-bond acceptors (Lipinski definition) is 6. The number of ether oxygens (including phenoxy) is 3. The maximum absolute atomic E-state index is 12.9. The van der Waals surface area contributed by atoms with Crippen LogP contribution < -0.4 is 0 Å². The molecule has 1 unspecified atom stereocenters. The highest BCUT2D eigenvalue weighted by Crippen LogP contribution is 2.15. The van der Waals surface area contributed by atoms with Gasteiger partial charge in [-0.1, -0.05) is 275 Å². The van der Waals surface area contributed by atoms with Crippen LogP contribution in [-0.4, -0.2) is 37.2 Å². The highest BCUT2D eigenvalue weighted by Gasteiger charge is 2.19. The Hall–Kier alpha value is -4.97. The summed E-state index contributed by atoms with van der Waals surface area (Å²) in [7, 11) is 0. The van der Waals surface area contributed by atoms with E-state index in [2.05, 4.69) is 179 Å². The van der Waals surface area contributed by atoms with Gasteiger partial charge in [0.05, 0.1) is 0 Å². The molecular formula is C73H116O6. The van der Waals surface area contributed by atoms with E-state index in [1.807, 2.05) is 0 Å². The fourth-order valence-electron chi connectivity index (χ4n) is 8.31. The van der Waals surface area contributed by atoms with Gasteiger partial charge in [-0.3, -0.25) is 14.4 Å². The summed E-state index contributed by atoms with van der Waals surface area (Å²) in [5.41, 5.74) is 0. The van der Waals surface area contributed by atoms with Crippen molar-refractivity contribution in [1.29, 1.82) is 0 Å². The molecular weight excluding hydrogens is 973 g/mol. The highest BCUT2D eigenvalue weighted by molar-refractivity contribution is 5.71. The molecule has 0 aromatic heterocycles. The quantitative estimate of drug-likeness (QED) is 0.0261. The lowest BCUT2D eigenvalue weighted by atomic mass is 10.0. The van der Waals surface area contributed by atoms with Crippen LogP contribution in [0.15, 0.2) is 158 Å². The van der Waals surface area contributed by atoms with Crippen molar-refractivity contribution in [3.05, 3.63) is 158 Å². The lowest BCUT2D eigenvalue weighted by Crippen LogP contribution is -2.30. The van der Waals surface area contributed by atoms with Crippen LogP contribution in [0, 0.1) is 0 Å². The molecule has 0 aromatic rings. The van der Waals surface area contributed by atoms with Crippen molar-refractivity contribution in [1.82, 2.24) is 0 Å². The van der Waals surface area contributed by atoms with Crippen molar-refractivity contribution in [2.24, 2.45) is 0 Å². The van der Waals surface area contributed by atoms with Crippen LogP contribution in [0.3, 0.4) is 0 Å². The Balaban J connectivity index is 4.39. The smallest absolute Gasteiger partial charge is 0.306 e. The molecule has 0 saturated carbocycles. The molecule has 0 heterocycles. The molecule has 6 heteroatoms. The summed E-state index contributed by atoms with van der Waals surface area (Å²) in [5, 5.41) is 0. The van der Waals surface area contributed by atoms with E-state index in [0.717, 1.165) is 154 Å². The number of carbonyl (C=O) groups is 3. The average molecular weight is 1090 g/mol. The molecule has 0 aliphatic rings. The zero-order valence-electron chi connectivity index (χ0n) is 50.8. The first-order valence-electron chi connectivity index (χ1n) is 32.0.